The normalized spacial score (nSPS) is 17.2. The Morgan fingerprint density at radius 1 is 1.33 bits per heavy atom. The number of rotatable bonds is 3. The molecule has 21 heavy (non-hydrogen) atoms. The summed E-state index contributed by atoms with van der Waals surface area (Å²) < 4.78 is 0. The van der Waals surface area contributed by atoms with Crippen molar-refractivity contribution in [2.75, 3.05) is 13.1 Å². The Kier molecular flexibility index (Phi) is 3.88. The second kappa shape index (κ2) is 5.82. The molecule has 1 saturated heterocycles. The number of aryl methyl sites for hydroxylation is 1. The molecule has 3 N–H and O–H groups in total. The zero-order valence-corrected chi connectivity index (χ0v) is 12.5. The number of pyridine rings is 1. The summed E-state index contributed by atoms with van der Waals surface area (Å²) >= 11 is 0. The van der Waals surface area contributed by atoms with Gasteiger partial charge < -0.3 is 5.73 Å². The molecule has 0 aliphatic carbocycles. The standard InChI is InChI=1S/C17H22N4/c1-12-10-14(15-4-2-3-5-16(15)20-12)11-21-8-6-13(7-9-21)17(18)19/h2-5,10,13H,6-9,11H2,1H3,(H3,18,19). The van der Waals surface area contributed by atoms with Gasteiger partial charge in [-0.25, -0.2) is 0 Å². The fourth-order valence-corrected chi connectivity index (χ4v) is 3.17. The van der Waals surface area contributed by atoms with Gasteiger partial charge in [-0.2, -0.15) is 0 Å². The number of nitrogens with one attached hydrogen (secondary N) is 1. The van der Waals surface area contributed by atoms with Gasteiger partial charge in [0.2, 0.25) is 0 Å². The van der Waals surface area contributed by atoms with E-state index in [2.05, 4.69) is 41.1 Å². The molecule has 1 aliphatic heterocycles. The number of piperidine rings is 1. The van der Waals surface area contributed by atoms with E-state index in [-0.39, 0.29) is 5.92 Å². The van der Waals surface area contributed by atoms with Crippen molar-refractivity contribution >= 4 is 16.7 Å². The molecule has 2 heterocycles. The Morgan fingerprint density at radius 3 is 2.76 bits per heavy atom. The molecular weight excluding hydrogens is 260 g/mol. The lowest BCUT2D eigenvalue weighted by Crippen LogP contribution is -2.37. The predicted molar refractivity (Wildman–Crippen MR) is 86.4 cm³/mol. The number of hydrogen-bond acceptors (Lipinski definition) is 3. The summed E-state index contributed by atoms with van der Waals surface area (Å²) in [5.74, 6) is 0.622. The highest BCUT2D eigenvalue weighted by molar-refractivity contribution is 5.82. The lowest BCUT2D eigenvalue weighted by molar-refractivity contribution is 0.202. The van der Waals surface area contributed by atoms with Gasteiger partial charge in [0.1, 0.15) is 0 Å². The molecule has 0 unspecified atom stereocenters. The van der Waals surface area contributed by atoms with Gasteiger partial charge in [-0.05, 0) is 50.6 Å². The van der Waals surface area contributed by atoms with E-state index in [4.69, 9.17) is 11.1 Å². The zero-order chi connectivity index (χ0) is 14.8. The molecule has 1 fully saturated rings. The number of nitrogens with zero attached hydrogens (tertiary/aromatic N) is 2. The van der Waals surface area contributed by atoms with Crippen LogP contribution in [0.5, 0.6) is 0 Å². The van der Waals surface area contributed by atoms with E-state index in [0.29, 0.717) is 5.84 Å². The topological polar surface area (TPSA) is 66.0 Å². The van der Waals surface area contributed by atoms with E-state index in [9.17, 15) is 0 Å². The zero-order valence-electron chi connectivity index (χ0n) is 12.5. The van der Waals surface area contributed by atoms with Crippen molar-refractivity contribution in [1.82, 2.24) is 9.88 Å². The van der Waals surface area contributed by atoms with Gasteiger partial charge >= 0.3 is 0 Å². The Balaban J connectivity index is 1.78. The summed E-state index contributed by atoms with van der Waals surface area (Å²) in [6, 6.07) is 10.5. The van der Waals surface area contributed by atoms with E-state index >= 15 is 0 Å². The number of para-hydroxylation sites is 1. The quantitative estimate of drug-likeness (QED) is 0.672. The first-order valence-electron chi connectivity index (χ1n) is 7.55. The van der Waals surface area contributed by atoms with Crippen molar-refractivity contribution in [2.24, 2.45) is 11.7 Å². The fraction of sp³-hybridized carbons (Fsp3) is 0.412. The number of hydrogen-bond donors (Lipinski definition) is 2. The van der Waals surface area contributed by atoms with Crippen molar-refractivity contribution in [1.29, 1.82) is 5.41 Å². The van der Waals surface area contributed by atoms with Crippen LogP contribution >= 0.6 is 0 Å². The van der Waals surface area contributed by atoms with Gasteiger partial charge in [-0.3, -0.25) is 15.3 Å². The second-order valence-electron chi connectivity index (χ2n) is 5.95. The summed E-state index contributed by atoms with van der Waals surface area (Å²) in [5.41, 5.74) is 9.11. The third kappa shape index (κ3) is 3.05. The largest absolute Gasteiger partial charge is 0.387 e. The smallest absolute Gasteiger partial charge is 0.0937 e. The van der Waals surface area contributed by atoms with Crippen LogP contribution in [0, 0.1) is 18.3 Å². The summed E-state index contributed by atoms with van der Waals surface area (Å²) in [4.78, 5) is 7.06. The molecule has 0 atom stereocenters. The molecule has 2 aromatic rings. The van der Waals surface area contributed by atoms with Crippen molar-refractivity contribution in [2.45, 2.75) is 26.3 Å². The van der Waals surface area contributed by atoms with Gasteiger partial charge in [0, 0.05) is 23.5 Å². The molecule has 0 saturated carbocycles. The molecular formula is C17H22N4. The van der Waals surface area contributed by atoms with E-state index in [1.807, 2.05) is 6.07 Å². The van der Waals surface area contributed by atoms with Crippen LogP contribution < -0.4 is 5.73 Å². The molecule has 1 aromatic carbocycles. The third-order valence-electron chi connectivity index (χ3n) is 4.35. The summed E-state index contributed by atoms with van der Waals surface area (Å²) in [6.07, 6.45) is 1.99. The van der Waals surface area contributed by atoms with Gasteiger partial charge in [0.25, 0.3) is 0 Å². The monoisotopic (exact) mass is 282 g/mol. The van der Waals surface area contributed by atoms with Crippen LogP contribution in [0.4, 0.5) is 0 Å². The van der Waals surface area contributed by atoms with E-state index in [1.165, 1.54) is 10.9 Å². The summed E-state index contributed by atoms with van der Waals surface area (Å²) in [7, 11) is 0. The highest BCUT2D eigenvalue weighted by Gasteiger charge is 2.21. The first-order valence-corrected chi connectivity index (χ1v) is 7.55. The number of aromatic nitrogens is 1. The number of nitrogens with two attached hydrogens (primary N) is 1. The minimum atomic E-state index is 0.275. The fourth-order valence-electron chi connectivity index (χ4n) is 3.17. The van der Waals surface area contributed by atoms with Gasteiger partial charge in [-0.15, -0.1) is 0 Å². The molecule has 3 rings (SSSR count). The molecule has 4 nitrogen and oxygen atoms in total. The first-order chi connectivity index (χ1) is 10.1. The number of benzene rings is 1. The predicted octanol–water partition coefficient (Wildman–Crippen LogP) is 2.69. The van der Waals surface area contributed by atoms with E-state index in [1.54, 1.807) is 0 Å². The van der Waals surface area contributed by atoms with Gasteiger partial charge in [-0.1, -0.05) is 18.2 Å². The minimum Gasteiger partial charge on any atom is -0.387 e. The molecule has 1 aliphatic rings. The van der Waals surface area contributed by atoms with Crippen molar-refractivity contribution in [3.8, 4) is 0 Å². The Labute approximate surface area is 125 Å². The van der Waals surface area contributed by atoms with E-state index in [0.717, 1.165) is 43.7 Å². The van der Waals surface area contributed by atoms with Gasteiger partial charge in [0.05, 0.1) is 11.4 Å². The maximum absolute atomic E-state index is 7.56. The molecule has 0 spiro atoms. The third-order valence-corrected chi connectivity index (χ3v) is 4.35. The number of amidine groups is 1. The molecule has 4 heteroatoms. The highest BCUT2D eigenvalue weighted by Crippen LogP contribution is 2.23. The summed E-state index contributed by atoms with van der Waals surface area (Å²) in [6.45, 7) is 5.03. The van der Waals surface area contributed by atoms with Crippen molar-refractivity contribution < 1.29 is 0 Å². The average Bonchev–Trinajstić information content (AvgIpc) is 2.47. The number of fused-ring (bicyclic) bond motifs is 1. The van der Waals surface area contributed by atoms with Crippen LogP contribution in [0.15, 0.2) is 30.3 Å². The second-order valence-corrected chi connectivity index (χ2v) is 5.95. The number of likely N-dealkylation sites (tertiary alicyclic amines) is 1. The minimum absolute atomic E-state index is 0.275. The van der Waals surface area contributed by atoms with E-state index < -0.39 is 0 Å². The van der Waals surface area contributed by atoms with Crippen LogP contribution in [0.25, 0.3) is 10.9 Å². The van der Waals surface area contributed by atoms with Gasteiger partial charge in [0.15, 0.2) is 0 Å². The Hall–Kier alpha value is -1.94. The molecule has 0 amide bonds. The van der Waals surface area contributed by atoms with Crippen molar-refractivity contribution in [3.05, 3.63) is 41.6 Å². The van der Waals surface area contributed by atoms with Crippen LogP contribution in [0.3, 0.4) is 0 Å². The maximum atomic E-state index is 7.56. The van der Waals surface area contributed by atoms with Crippen LogP contribution in [0.1, 0.15) is 24.1 Å². The molecule has 0 bridgehead atoms. The maximum Gasteiger partial charge on any atom is 0.0937 e. The molecule has 110 valence electrons. The average molecular weight is 282 g/mol. The van der Waals surface area contributed by atoms with Crippen LogP contribution in [0.2, 0.25) is 0 Å². The Bertz CT molecular complexity index is 657. The highest BCUT2D eigenvalue weighted by atomic mass is 15.1. The Morgan fingerprint density at radius 2 is 2.05 bits per heavy atom. The lowest BCUT2D eigenvalue weighted by atomic mass is 9.95. The van der Waals surface area contributed by atoms with Crippen molar-refractivity contribution in [3.63, 3.8) is 0 Å². The lowest BCUT2D eigenvalue weighted by Gasteiger charge is -2.31. The first kappa shape index (κ1) is 14.0. The molecule has 0 radical (unpaired) electrons. The molecule has 1 aromatic heterocycles. The summed E-state index contributed by atoms with van der Waals surface area (Å²) in [5, 5.41) is 8.81. The van der Waals surface area contributed by atoms with Crippen LogP contribution in [-0.4, -0.2) is 28.8 Å². The van der Waals surface area contributed by atoms with Crippen LogP contribution in [-0.2, 0) is 6.54 Å². The SMILES string of the molecule is Cc1cc(CN2CCC(C(=N)N)CC2)c2ccccc2n1.